The molecule has 0 amide bonds. The molecule has 136 valence electrons. The Morgan fingerprint density at radius 2 is 1.10 bits per heavy atom. The largest absolute Gasteiger partial charge is 0.282 e. The van der Waals surface area contributed by atoms with E-state index in [0.29, 0.717) is 27.4 Å². The van der Waals surface area contributed by atoms with Crippen LogP contribution >= 0.6 is 11.6 Å². The fourth-order valence-corrected chi connectivity index (χ4v) is 3.84. The molecule has 0 aliphatic heterocycles. The first-order chi connectivity index (χ1) is 14.2. The lowest BCUT2D eigenvalue weighted by Gasteiger charge is -2.14. The Morgan fingerprint density at radius 3 is 1.55 bits per heavy atom. The minimum atomic E-state index is 0.237. The lowest BCUT2D eigenvalue weighted by Crippen LogP contribution is -2.04. The molecule has 0 N–H and O–H groups in total. The van der Waals surface area contributed by atoms with Crippen molar-refractivity contribution in [3.05, 3.63) is 83.4 Å². The Morgan fingerprint density at radius 1 is 0.655 bits per heavy atom. The van der Waals surface area contributed by atoms with Gasteiger partial charge in [0.1, 0.15) is 12.1 Å². The maximum atomic E-state index is 9.61. The number of nitrogens with zero attached hydrogens (tertiary/aromatic N) is 6. The number of rotatable bonds is 2. The van der Waals surface area contributed by atoms with Crippen LogP contribution in [0.5, 0.6) is 0 Å². The van der Waals surface area contributed by atoms with Crippen molar-refractivity contribution >= 4 is 33.7 Å². The van der Waals surface area contributed by atoms with Crippen molar-refractivity contribution < 1.29 is 0 Å². The normalized spacial score (nSPS) is 10.9. The molecular weight excluding hydrogens is 384 g/mol. The molecule has 29 heavy (non-hydrogen) atoms. The maximum absolute atomic E-state index is 9.61. The molecule has 0 fully saturated rings. The smallest absolute Gasteiger partial charge is 0.218 e. The molecule has 5 aromatic rings. The molecule has 5 rings (SSSR count). The van der Waals surface area contributed by atoms with Crippen LogP contribution in [-0.2, 0) is 0 Å². The molecule has 0 aliphatic carbocycles. The summed E-state index contributed by atoms with van der Waals surface area (Å²) in [4.78, 5) is 8.79. The first-order valence-electron chi connectivity index (χ1n) is 8.77. The lowest BCUT2D eigenvalue weighted by atomic mass is 10.2. The number of hydrogen-bond acceptors (Lipinski definition) is 4. The van der Waals surface area contributed by atoms with Gasteiger partial charge in [-0.3, -0.25) is 9.13 Å². The molecule has 7 heteroatoms. The number of para-hydroxylation sites is 4. The van der Waals surface area contributed by atoms with Gasteiger partial charge in [-0.05, 0) is 36.4 Å². The topological polar surface area (TPSA) is 83.2 Å². The number of imidazole rings is 2. The highest BCUT2D eigenvalue weighted by Gasteiger charge is 2.19. The van der Waals surface area contributed by atoms with Crippen molar-refractivity contribution in [1.29, 1.82) is 10.5 Å². The van der Waals surface area contributed by atoms with Gasteiger partial charge in [0.15, 0.2) is 0 Å². The van der Waals surface area contributed by atoms with Gasteiger partial charge in [0.05, 0.1) is 38.5 Å². The molecule has 0 radical (unpaired) electrons. The molecule has 0 bridgehead atoms. The van der Waals surface area contributed by atoms with Crippen molar-refractivity contribution in [2.45, 2.75) is 0 Å². The third-order valence-electron chi connectivity index (χ3n) is 4.76. The Kier molecular flexibility index (Phi) is 3.80. The number of hydrogen-bond donors (Lipinski definition) is 0. The highest BCUT2D eigenvalue weighted by Crippen LogP contribution is 2.33. The monoisotopic (exact) mass is 394 g/mol. The lowest BCUT2D eigenvalue weighted by molar-refractivity contribution is 1.02. The van der Waals surface area contributed by atoms with E-state index in [0.717, 1.165) is 11.0 Å². The average Bonchev–Trinajstić information content (AvgIpc) is 3.32. The van der Waals surface area contributed by atoms with Crippen molar-refractivity contribution in [1.82, 2.24) is 19.1 Å². The Balaban J connectivity index is 1.84. The van der Waals surface area contributed by atoms with Crippen LogP contribution in [0.2, 0.25) is 5.02 Å². The van der Waals surface area contributed by atoms with E-state index in [1.807, 2.05) is 66.7 Å². The SMILES string of the molecule is N#Cc1nc2ccccc2n1-c1cccc(-n2c(C#N)nc3ccccc32)c1Cl. The van der Waals surface area contributed by atoms with E-state index in [4.69, 9.17) is 11.6 Å². The number of aromatic nitrogens is 4. The molecule has 0 atom stereocenters. The predicted octanol–water partition coefficient (Wildman–Crippen LogP) is 4.76. The van der Waals surface area contributed by atoms with Crippen molar-refractivity contribution in [2.24, 2.45) is 0 Å². The summed E-state index contributed by atoms with van der Waals surface area (Å²) in [5.74, 6) is 0.475. The first-order valence-corrected chi connectivity index (χ1v) is 9.15. The van der Waals surface area contributed by atoms with E-state index in [2.05, 4.69) is 22.1 Å². The minimum Gasteiger partial charge on any atom is -0.282 e. The molecule has 6 nitrogen and oxygen atoms in total. The molecule has 3 aromatic carbocycles. The van der Waals surface area contributed by atoms with E-state index in [9.17, 15) is 10.5 Å². The number of nitriles is 2. The predicted molar refractivity (Wildman–Crippen MR) is 110 cm³/mol. The van der Waals surface area contributed by atoms with Crippen molar-refractivity contribution in [3.63, 3.8) is 0 Å². The molecule has 0 unspecified atom stereocenters. The van der Waals surface area contributed by atoms with Crippen LogP contribution in [0.3, 0.4) is 0 Å². The van der Waals surface area contributed by atoms with Gasteiger partial charge in [0.2, 0.25) is 11.6 Å². The summed E-state index contributed by atoms with van der Waals surface area (Å²) in [5, 5.41) is 19.6. The van der Waals surface area contributed by atoms with Crippen molar-refractivity contribution in [2.75, 3.05) is 0 Å². The third-order valence-corrected chi connectivity index (χ3v) is 5.15. The summed E-state index contributed by atoms with van der Waals surface area (Å²) in [5.41, 5.74) is 4.18. The van der Waals surface area contributed by atoms with Gasteiger partial charge >= 0.3 is 0 Å². The van der Waals surface area contributed by atoms with Crippen LogP contribution in [0, 0.1) is 22.7 Å². The Labute approximate surface area is 170 Å². The van der Waals surface area contributed by atoms with Gasteiger partial charge in [0, 0.05) is 0 Å². The van der Waals surface area contributed by atoms with Crippen LogP contribution in [0.4, 0.5) is 0 Å². The highest BCUT2D eigenvalue weighted by molar-refractivity contribution is 6.34. The standard InChI is InChI=1S/C22H11ClN6/c23-22-18(28-16-8-3-1-6-14(16)26-20(28)12-24)10-5-11-19(22)29-17-9-4-2-7-15(17)27-21(29)13-25/h1-11H. The number of halogens is 1. The maximum Gasteiger partial charge on any atom is 0.218 e. The van der Waals surface area contributed by atoms with Gasteiger partial charge in [-0.2, -0.15) is 10.5 Å². The zero-order chi connectivity index (χ0) is 20.0. The molecule has 2 aromatic heterocycles. The zero-order valence-electron chi connectivity index (χ0n) is 14.9. The van der Waals surface area contributed by atoms with Gasteiger partial charge < -0.3 is 0 Å². The molecule has 0 aliphatic rings. The fraction of sp³-hybridized carbons (Fsp3) is 0. The van der Waals surface area contributed by atoms with E-state index in [1.54, 1.807) is 9.13 Å². The van der Waals surface area contributed by atoms with E-state index in [1.165, 1.54) is 0 Å². The van der Waals surface area contributed by atoms with E-state index in [-0.39, 0.29) is 11.6 Å². The molecule has 0 spiro atoms. The van der Waals surface area contributed by atoms with Gasteiger partial charge in [-0.15, -0.1) is 0 Å². The van der Waals surface area contributed by atoms with Crippen LogP contribution < -0.4 is 0 Å². The Hall–Kier alpha value is -4.13. The van der Waals surface area contributed by atoms with Gasteiger partial charge in [-0.1, -0.05) is 41.9 Å². The Bertz CT molecular complexity index is 1390. The van der Waals surface area contributed by atoms with E-state index < -0.39 is 0 Å². The summed E-state index contributed by atoms with van der Waals surface area (Å²) in [7, 11) is 0. The van der Waals surface area contributed by atoms with Crippen LogP contribution in [0.15, 0.2) is 66.7 Å². The molecule has 0 saturated heterocycles. The number of benzene rings is 3. The second-order valence-electron chi connectivity index (χ2n) is 6.35. The highest BCUT2D eigenvalue weighted by atomic mass is 35.5. The second-order valence-corrected chi connectivity index (χ2v) is 6.73. The fourth-order valence-electron chi connectivity index (χ4n) is 3.54. The third kappa shape index (κ3) is 2.48. The molecule has 0 saturated carbocycles. The minimum absolute atomic E-state index is 0.237. The first kappa shape index (κ1) is 17.0. The van der Waals surface area contributed by atoms with Crippen LogP contribution in [0.1, 0.15) is 11.6 Å². The molecular formula is C22H11ClN6. The number of fused-ring (bicyclic) bond motifs is 2. The second kappa shape index (κ2) is 6.49. The quantitative estimate of drug-likeness (QED) is 0.432. The zero-order valence-corrected chi connectivity index (χ0v) is 15.7. The van der Waals surface area contributed by atoms with Crippen LogP contribution in [0.25, 0.3) is 33.4 Å². The van der Waals surface area contributed by atoms with E-state index >= 15 is 0 Å². The van der Waals surface area contributed by atoms with Gasteiger partial charge in [0.25, 0.3) is 0 Å². The summed E-state index contributed by atoms with van der Waals surface area (Å²) in [6.45, 7) is 0. The summed E-state index contributed by atoms with van der Waals surface area (Å²) in [6.07, 6.45) is 0. The van der Waals surface area contributed by atoms with Gasteiger partial charge in [-0.25, -0.2) is 9.97 Å². The molecule has 2 heterocycles. The summed E-state index contributed by atoms with van der Waals surface area (Å²) < 4.78 is 3.46. The van der Waals surface area contributed by atoms with Crippen molar-refractivity contribution in [3.8, 4) is 23.5 Å². The summed E-state index contributed by atoms with van der Waals surface area (Å²) in [6, 6.07) is 24.8. The van der Waals surface area contributed by atoms with Crippen LogP contribution in [-0.4, -0.2) is 19.1 Å². The average molecular weight is 395 g/mol. The summed E-state index contributed by atoms with van der Waals surface area (Å²) >= 11 is 6.83.